The summed E-state index contributed by atoms with van der Waals surface area (Å²) in [7, 11) is 0. The molecule has 7 nitrogen and oxygen atoms in total. The summed E-state index contributed by atoms with van der Waals surface area (Å²) in [6.45, 7) is 1.43. The molecule has 1 fully saturated rings. The molecule has 2 N–H and O–H groups in total. The lowest BCUT2D eigenvalue weighted by Crippen LogP contribution is -2.44. The molecular formula is C23H24N4O3S. The van der Waals surface area contributed by atoms with Crippen LogP contribution < -0.4 is 10.6 Å². The number of imide groups is 1. The van der Waals surface area contributed by atoms with Gasteiger partial charge in [0.2, 0.25) is 5.91 Å². The van der Waals surface area contributed by atoms with Crippen LogP contribution in [-0.2, 0) is 28.0 Å². The Kier molecular flexibility index (Phi) is 5.79. The van der Waals surface area contributed by atoms with Crippen molar-refractivity contribution in [3.05, 3.63) is 51.9 Å². The zero-order valence-corrected chi connectivity index (χ0v) is 18.2. The van der Waals surface area contributed by atoms with Crippen LogP contribution >= 0.6 is 11.3 Å². The standard InChI is InChI=1S/C23H24N4O3S/c1-2-23(15-9-5-3-6-10-15)21(29)27(22(30)26-23)14-19(28)25-20-17(13-24)16-11-7-4-8-12-18(16)31-20/h3,5-6,9-10H,2,4,7-8,11-12,14H2,1H3,(H,25,28)(H,26,30). The fourth-order valence-electron chi connectivity index (χ4n) is 4.39. The zero-order valence-electron chi connectivity index (χ0n) is 17.4. The summed E-state index contributed by atoms with van der Waals surface area (Å²) < 4.78 is 0. The van der Waals surface area contributed by atoms with Gasteiger partial charge in [0.15, 0.2) is 0 Å². The molecule has 1 aliphatic heterocycles. The summed E-state index contributed by atoms with van der Waals surface area (Å²) in [5, 5.41) is 15.7. The number of rotatable bonds is 5. The first-order chi connectivity index (χ1) is 15.0. The van der Waals surface area contributed by atoms with Crippen LogP contribution in [0.1, 0.15) is 54.2 Å². The van der Waals surface area contributed by atoms with Gasteiger partial charge in [0.25, 0.3) is 5.91 Å². The van der Waals surface area contributed by atoms with E-state index < -0.39 is 29.9 Å². The van der Waals surface area contributed by atoms with Crippen molar-refractivity contribution in [2.45, 2.75) is 51.0 Å². The Bertz CT molecular complexity index is 1070. The number of fused-ring (bicyclic) bond motifs is 1. The number of benzene rings is 1. The maximum Gasteiger partial charge on any atom is 0.325 e. The van der Waals surface area contributed by atoms with Gasteiger partial charge in [-0.25, -0.2) is 4.79 Å². The SMILES string of the molecule is CCC1(c2ccccc2)NC(=O)N(CC(=O)Nc2sc3c(c2C#N)CCCCC3)C1=O. The van der Waals surface area contributed by atoms with Gasteiger partial charge in [-0.2, -0.15) is 5.26 Å². The Labute approximate surface area is 185 Å². The topological polar surface area (TPSA) is 102 Å². The maximum absolute atomic E-state index is 13.2. The van der Waals surface area contributed by atoms with Crippen molar-refractivity contribution in [2.75, 3.05) is 11.9 Å². The minimum atomic E-state index is -1.17. The van der Waals surface area contributed by atoms with Gasteiger partial charge in [-0.15, -0.1) is 11.3 Å². The number of urea groups is 1. The van der Waals surface area contributed by atoms with Gasteiger partial charge in [0, 0.05) is 4.88 Å². The van der Waals surface area contributed by atoms with Gasteiger partial charge in [0.1, 0.15) is 23.2 Å². The van der Waals surface area contributed by atoms with Crippen molar-refractivity contribution in [2.24, 2.45) is 0 Å². The highest BCUT2D eigenvalue weighted by atomic mass is 32.1. The van der Waals surface area contributed by atoms with Crippen molar-refractivity contribution in [1.82, 2.24) is 10.2 Å². The van der Waals surface area contributed by atoms with E-state index in [2.05, 4.69) is 16.7 Å². The van der Waals surface area contributed by atoms with Gasteiger partial charge in [-0.3, -0.25) is 14.5 Å². The molecule has 1 unspecified atom stereocenters. The Morgan fingerprint density at radius 1 is 1.23 bits per heavy atom. The Morgan fingerprint density at radius 3 is 2.68 bits per heavy atom. The van der Waals surface area contributed by atoms with Crippen molar-refractivity contribution >= 4 is 34.2 Å². The highest BCUT2D eigenvalue weighted by molar-refractivity contribution is 7.16. The van der Waals surface area contributed by atoms with Crippen LogP contribution in [0.25, 0.3) is 0 Å². The second kappa shape index (κ2) is 8.52. The highest BCUT2D eigenvalue weighted by Crippen LogP contribution is 2.37. The molecule has 8 heteroatoms. The number of nitrogens with zero attached hydrogens (tertiary/aromatic N) is 2. The van der Waals surface area contributed by atoms with E-state index in [1.807, 2.05) is 25.1 Å². The molecule has 0 spiro atoms. The second-order valence-corrected chi connectivity index (χ2v) is 8.98. The highest BCUT2D eigenvalue weighted by Gasteiger charge is 2.51. The molecule has 0 radical (unpaired) electrons. The van der Waals surface area contributed by atoms with E-state index in [4.69, 9.17) is 0 Å². The second-order valence-electron chi connectivity index (χ2n) is 7.87. The number of carbonyl (C=O) groups excluding carboxylic acids is 3. The molecule has 160 valence electrons. The summed E-state index contributed by atoms with van der Waals surface area (Å²) in [5.74, 6) is -0.930. The minimum Gasteiger partial charge on any atom is -0.319 e. The molecule has 0 saturated carbocycles. The predicted octanol–water partition coefficient (Wildman–Crippen LogP) is 3.68. The lowest BCUT2D eigenvalue weighted by molar-refractivity contribution is -0.134. The summed E-state index contributed by atoms with van der Waals surface area (Å²) in [5.41, 5.74) is 1.06. The molecule has 31 heavy (non-hydrogen) atoms. The van der Waals surface area contributed by atoms with Crippen molar-refractivity contribution in [3.8, 4) is 6.07 Å². The smallest absolute Gasteiger partial charge is 0.319 e. The van der Waals surface area contributed by atoms with E-state index in [9.17, 15) is 19.6 Å². The van der Waals surface area contributed by atoms with Gasteiger partial charge in [0.05, 0.1) is 5.56 Å². The number of hydrogen-bond donors (Lipinski definition) is 2. The molecule has 4 rings (SSSR count). The zero-order chi connectivity index (χ0) is 22.0. The molecule has 4 amide bonds. The molecule has 1 aromatic heterocycles. The lowest BCUT2D eigenvalue weighted by Gasteiger charge is -2.25. The Morgan fingerprint density at radius 2 is 1.97 bits per heavy atom. The first-order valence-corrected chi connectivity index (χ1v) is 11.4. The van der Waals surface area contributed by atoms with E-state index in [-0.39, 0.29) is 0 Å². The van der Waals surface area contributed by atoms with Crippen molar-refractivity contribution in [1.29, 1.82) is 5.26 Å². The average molecular weight is 437 g/mol. The third-order valence-electron chi connectivity index (χ3n) is 6.06. The number of anilines is 1. The quantitative estimate of drug-likeness (QED) is 0.551. The van der Waals surface area contributed by atoms with E-state index >= 15 is 0 Å². The van der Waals surface area contributed by atoms with E-state index in [1.54, 1.807) is 12.1 Å². The van der Waals surface area contributed by atoms with E-state index in [1.165, 1.54) is 11.3 Å². The van der Waals surface area contributed by atoms with Crippen molar-refractivity contribution in [3.63, 3.8) is 0 Å². The van der Waals surface area contributed by atoms with Crippen LogP contribution in [0.5, 0.6) is 0 Å². The first kappa shape index (κ1) is 21.1. The van der Waals surface area contributed by atoms with Crippen LogP contribution in [0.4, 0.5) is 9.80 Å². The normalized spacial score (nSPS) is 20.6. The van der Waals surface area contributed by atoms with Gasteiger partial charge < -0.3 is 10.6 Å². The van der Waals surface area contributed by atoms with Gasteiger partial charge in [-0.05, 0) is 43.2 Å². The molecule has 0 bridgehead atoms. The number of nitrogens with one attached hydrogen (secondary N) is 2. The van der Waals surface area contributed by atoms with E-state index in [0.717, 1.165) is 47.4 Å². The first-order valence-electron chi connectivity index (χ1n) is 10.5. The average Bonchev–Trinajstić information content (AvgIpc) is 3.10. The fraction of sp³-hybridized carbons (Fsp3) is 0.391. The third-order valence-corrected chi connectivity index (χ3v) is 7.27. The fourth-order valence-corrected chi connectivity index (χ4v) is 5.65. The van der Waals surface area contributed by atoms with Crippen LogP contribution in [-0.4, -0.2) is 29.3 Å². The van der Waals surface area contributed by atoms with E-state index in [0.29, 0.717) is 22.5 Å². The Balaban J connectivity index is 1.53. The van der Waals surface area contributed by atoms with Crippen LogP contribution in [0, 0.1) is 11.3 Å². The number of carbonyl (C=O) groups is 3. The monoisotopic (exact) mass is 436 g/mol. The molecule has 1 atom stereocenters. The molecular weight excluding hydrogens is 412 g/mol. The Hall–Kier alpha value is -3.18. The number of aryl methyl sites for hydroxylation is 1. The summed E-state index contributed by atoms with van der Waals surface area (Å²) >= 11 is 1.43. The van der Waals surface area contributed by atoms with Crippen LogP contribution in [0.3, 0.4) is 0 Å². The van der Waals surface area contributed by atoms with Gasteiger partial charge >= 0.3 is 6.03 Å². The molecule has 1 aromatic carbocycles. The maximum atomic E-state index is 13.2. The predicted molar refractivity (Wildman–Crippen MR) is 118 cm³/mol. The summed E-state index contributed by atoms with van der Waals surface area (Å²) in [4.78, 5) is 40.7. The van der Waals surface area contributed by atoms with Gasteiger partial charge in [-0.1, -0.05) is 43.7 Å². The number of hydrogen-bond acceptors (Lipinski definition) is 5. The molecule has 2 aromatic rings. The minimum absolute atomic E-state index is 0.371. The molecule has 1 saturated heterocycles. The molecule has 2 heterocycles. The van der Waals surface area contributed by atoms with Crippen LogP contribution in [0.2, 0.25) is 0 Å². The number of thiophene rings is 1. The third kappa shape index (κ3) is 3.70. The molecule has 2 aliphatic rings. The summed E-state index contributed by atoms with van der Waals surface area (Å²) in [6, 6.07) is 10.7. The largest absolute Gasteiger partial charge is 0.325 e. The number of amides is 4. The molecule has 1 aliphatic carbocycles. The van der Waals surface area contributed by atoms with Crippen LogP contribution in [0.15, 0.2) is 30.3 Å². The lowest BCUT2D eigenvalue weighted by atomic mass is 9.87. The summed E-state index contributed by atoms with van der Waals surface area (Å²) in [6.07, 6.45) is 5.37. The number of nitriles is 1. The van der Waals surface area contributed by atoms with Crippen molar-refractivity contribution < 1.29 is 14.4 Å².